The van der Waals surface area contributed by atoms with Gasteiger partial charge in [-0.1, -0.05) is 39.2 Å². The fourth-order valence-electron chi connectivity index (χ4n) is 2.68. The highest BCUT2D eigenvalue weighted by Crippen LogP contribution is 2.22. The second-order valence-electron chi connectivity index (χ2n) is 5.37. The number of benzene rings is 1. The van der Waals surface area contributed by atoms with Crippen molar-refractivity contribution in [2.45, 2.75) is 46.0 Å². The van der Waals surface area contributed by atoms with Gasteiger partial charge < -0.3 is 10.6 Å². The highest BCUT2D eigenvalue weighted by molar-refractivity contribution is 5.99. The van der Waals surface area contributed by atoms with E-state index in [9.17, 15) is 9.59 Å². The standard InChI is InChI=1S/C16H22N2O2.C2H6/c1-17-15(19)13-8-5-9-14(10-13)16(20)18-11-12-6-3-2-4-7-12;1-2/h5,8-10,12H,2-4,6-7,11H2,1H3,(H,17,19)(H,18,20);1-2H3. The van der Waals surface area contributed by atoms with Crippen LogP contribution in [0.3, 0.4) is 0 Å². The molecule has 0 heterocycles. The zero-order valence-corrected chi connectivity index (χ0v) is 13.9. The lowest BCUT2D eigenvalue weighted by Crippen LogP contribution is -2.30. The van der Waals surface area contributed by atoms with Gasteiger partial charge >= 0.3 is 0 Å². The molecule has 1 saturated carbocycles. The molecule has 0 atom stereocenters. The second kappa shape index (κ2) is 9.98. The molecule has 0 aromatic heterocycles. The molecule has 1 aromatic rings. The van der Waals surface area contributed by atoms with Gasteiger partial charge in [0.05, 0.1) is 0 Å². The summed E-state index contributed by atoms with van der Waals surface area (Å²) >= 11 is 0. The van der Waals surface area contributed by atoms with E-state index in [2.05, 4.69) is 10.6 Å². The SMILES string of the molecule is CC.CNC(=O)c1cccc(C(=O)NCC2CCCCC2)c1. The van der Waals surface area contributed by atoms with Gasteiger partial charge in [0, 0.05) is 24.7 Å². The molecule has 1 aliphatic carbocycles. The van der Waals surface area contributed by atoms with E-state index in [1.165, 1.54) is 32.1 Å². The van der Waals surface area contributed by atoms with Crippen LogP contribution >= 0.6 is 0 Å². The van der Waals surface area contributed by atoms with Crippen LogP contribution in [0.5, 0.6) is 0 Å². The van der Waals surface area contributed by atoms with Gasteiger partial charge in [0.1, 0.15) is 0 Å². The molecule has 0 radical (unpaired) electrons. The van der Waals surface area contributed by atoms with E-state index in [0.29, 0.717) is 17.0 Å². The lowest BCUT2D eigenvalue weighted by atomic mass is 9.89. The first-order valence-corrected chi connectivity index (χ1v) is 8.31. The summed E-state index contributed by atoms with van der Waals surface area (Å²) in [6.45, 7) is 4.74. The highest BCUT2D eigenvalue weighted by Gasteiger charge is 2.15. The van der Waals surface area contributed by atoms with Gasteiger partial charge in [-0.3, -0.25) is 9.59 Å². The summed E-state index contributed by atoms with van der Waals surface area (Å²) in [6, 6.07) is 6.81. The Kier molecular flexibility index (Phi) is 8.26. The summed E-state index contributed by atoms with van der Waals surface area (Å²) in [6.07, 6.45) is 6.27. The molecule has 0 unspecified atom stereocenters. The summed E-state index contributed by atoms with van der Waals surface area (Å²) < 4.78 is 0. The predicted octanol–water partition coefficient (Wildman–Crippen LogP) is 3.38. The minimum absolute atomic E-state index is 0.0960. The van der Waals surface area contributed by atoms with Gasteiger partial charge in [0.25, 0.3) is 11.8 Å². The highest BCUT2D eigenvalue weighted by atomic mass is 16.2. The molecule has 0 aliphatic heterocycles. The predicted molar refractivity (Wildman–Crippen MR) is 90.1 cm³/mol. The first-order chi connectivity index (χ1) is 10.7. The van der Waals surface area contributed by atoms with E-state index in [0.717, 1.165) is 6.54 Å². The number of amides is 2. The molecule has 1 fully saturated rings. The molecule has 22 heavy (non-hydrogen) atoms. The Morgan fingerprint density at radius 1 is 1.05 bits per heavy atom. The largest absolute Gasteiger partial charge is 0.355 e. The van der Waals surface area contributed by atoms with Crippen molar-refractivity contribution in [1.29, 1.82) is 0 Å². The van der Waals surface area contributed by atoms with Crippen LogP contribution in [-0.4, -0.2) is 25.4 Å². The van der Waals surface area contributed by atoms with Gasteiger partial charge in [-0.15, -0.1) is 0 Å². The summed E-state index contributed by atoms with van der Waals surface area (Å²) in [5.74, 6) is 0.336. The lowest BCUT2D eigenvalue weighted by molar-refractivity contribution is 0.0943. The van der Waals surface area contributed by atoms with E-state index in [1.807, 2.05) is 13.8 Å². The Hall–Kier alpha value is -1.84. The van der Waals surface area contributed by atoms with Gasteiger partial charge in [-0.05, 0) is 37.0 Å². The monoisotopic (exact) mass is 304 g/mol. The van der Waals surface area contributed by atoms with E-state index in [-0.39, 0.29) is 11.8 Å². The summed E-state index contributed by atoms with van der Waals surface area (Å²) in [4.78, 5) is 23.7. The van der Waals surface area contributed by atoms with Gasteiger partial charge in [-0.25, -0.2) is 0 Å². The van der Waals surface area contributed by atoms with Crippen molar-refractivity contribution in [2.24, 2.45) is 5.92 Å². The van der Waals surface area contributed by atoms with Crippen molar-refractivity contribution in [3.63, 3.8) is 0 Å². The molecule has 122 valence electrons. The van der Waals surface area contributed by atoms with Crippen LogP contribution in [0.15, 0.2) is 24.3 Å². The maximum atomic E-state index is 12.1. The van der Waals surface area contributed by atoms with Crippen molar-refractivity contribution in [3.8, 4) is 0 Å². The third-order valence-corrected chi connectivity index (χ3v) is 3.89. The van der Waals surface area contributed by atoms with E-state index >= 15 is 0 Å². The van der Waals surface area contributed by atoms with Crippen molar-refractivity contribution in [1.82, 2.24) is 10.6 Å². The van der Waals surface area contributed by atoms with E-state index in [1.54, 1.807) is 31.3 Å². The molecule has 1 aliphatic rings. The average Bonchev–Trinajstić information content (AvgIpc) is 2.61. The fourth-order valence-corrected chi connectivity index (χ4v) is 2.68. The third-order valence-electron chi connectivity index (χ3n) is 3.89. The maximum absolute atomic E-state index is 12.1. The minimum atomic E-state index is -0.174. The molecule has 4 nitrogen and oxygen atoms in total. The number of hydrogen-bond donors (Lipinski definition) is 2. The Balaban J connectivity index is 0.00000116. The van der Waals surface area contributed by atoms with Gasteiger partial charge in [0.2, 0.25) is 0 Å². The smallest absolute Gasteiger partial charge is 0.251 e. The van der Waals surface area contributed by atoms with Crippen molar-refractivity contribution < 1.29 is 9.59 Å². The Morgan fingerprint density at radius 2 is 1.64 bits per heavy atom. The molecule has 0 bridgehead atoms. The first kappa shape index (κ1) is 18.2. The van der Waals surface area contributed by atoms with E-state index < -0.39 is 0 Å². The zero-order chi connectivity index (χ0) is 16.4. The third kappa shape index (κ3) is 5.51. The maximum Gasteiger partial charge on any atom is 0.251 e. The van der Waals surface area contributed by atoms with Crippen molar-refractivity contribution in [3.05, 3.63) is 35.4 Å². The van der Waals surface area contributed by atoms with Crippen LogP contribution in [0.4, 0.5) is 0 Å². The number of carbonyl (C=O) groups is 2. The summed E-state index contributed by atoms with van der Waals surface area (Å²) in [5, 5.41) is 5.54. The van der Waals surface area contributed by atoms with Crippen LogP contribution in [-0.2, 0) is 0 Å². The fraction of sp³-hybridized carbons (Fsp3) is 0.556. The number of nitrogens with one attached hydrogen (secondary N) is 2. The quantitative estimate of drug-likeness (QED) is 0.896. The van der Waals surface area contributed by atoms with Crippen molar-refractivity contribution in [2.75, 3.05) is 13.6 Å². The van der Waals surface area contributed by atoms with Crippen LogP contribution in [0.25, 0.3) is 0 Å². The Labute approximate surface area is 133 Å². The normalized spacial score (nSPS) is 14.5. The van der Waals surface area contributed by atoms with Gasteiger partial charge in [-0.2, -0.15) is 0 Å². The minimum Gasteiger partial charge on any atom is -0.355 e. The molecule has 0 spiro atoms. The number of carbonyl (C=O) groups excluding carboxylic acids is 2. The van der Waals surface area contributed by atoms with Crippen LogP contribution in [0.2, 0.25) is 0 Å². The van der Waals surface area contributed by atoms with Crippen LogP contribution in [0.1, 0.15) is 66.7 Å². The molecular formula is C18H28N2O2. The molecular weight excluding hydrogens is 276 g/mol. The summed E-state index contributed by atoms with van der Waals surface area (Å²) in [5.41, 5.74) is 1.06. The van der Waals surface area contributed by atoms with Gasteiger partial charge in [0.15, 0.2) is 0 Å². The second-order valence-corrected chi connectivity index (χ2v) is 5.37. The topological polar surface area (TPSA) is 58.2 Å². The average molecular weight is 304 g/mol. The molecule has 4 heteroatoms. The van der Waals surface area contributed by atoms with Crippen molar-refractivity contribution >= 4 is 11.8 Å². The lowest BCUT2D eigenvalue weighted by Gasteiger charge is -2.21. The van der Waals surface area contributed by atoms with Crippen LogP contribution < -0.4 is 10.6 Å². The van der Waals surface area contributed by atoms with E-state index in [4.69, 9.17) is 0 Å². The molecule has 2 amide bonds. The first-order valence-electron chi connectivity index (χ1n) is 8.31. The number of rotatable bonds is 4. The molecule has 0 saturated heterocycles. The van der Waals surface area contributed by atoms with Crippen LogP contribution in [0, 0.1) is 5.92 Å². The number of hydrogen-bond acceptors (Lipinski definition) is 2. The molecule has 2 N–H and O–H groups in total. The summed E-state index contributed by atoms with van der Waals surface area (Å²) in [7, 11) is 1.58. The molecule has 1 aromatic carbocycles. The molecule has 2 rings (SSSR count). The zero-order valence-electron chi connectivity index (χ0n) is 13.9. The Bertz CT molecular complexity index is 480. The Morgan fingerprint density at radius 3 is 2.23 bits per heavy atom.